The highest BCUT2D eigenvalue weighted by molar-refractivity contribution is 5.54. The van der Waals surface area contributed by atoms with E-state index in [1.165, 1.54) is 212 Å². The number of hydrogen-bond donors (Lipinski definition) is 1. The van der Waals surface area contributed by atoms with Crippen LogP contribution in [0.3, 0.4) is 0 Å². The lowest BCUT2D eigenvalue weighted by Gasteiger charge is -2.18. The molecule has 0 aromatic heterocycles. The van der Waals surface area contributed by atoms with E-state index in [2.05, 4.69) is 20.8 Å². The molecule has 0 saturated heterocycles. The van der Waals surface area contributed by atoms with Gasteiger partial charge in [0.15, 0.2) is 11.5 Å². The summed E-state index contributed by atoms with van der Waals surface area (Å²) >= 11 is 0. The molecule has 0 fully saturated rings. The van der Waals surface area contributed by atoms with E-state index in [-0.39, 0.29) is 6.61 Å². The van der Waals surface area contributed by atoms with Crippen LogP contribution in [0.25, 0.3) is 0 Å². The van der Waals surface area contributed by atoms with E-state index in [4.69, 9.17) is 14.2 Å². The first-order valence-electron chi connectivity index (χ1n) is 23.9. The van der Waals surface area contributed by atoms with E-state index in [1.807, 2.05) is 12.1 Å². The fourth-order valence-corrected chi connectivity index (χ4v) is 7.45. The largest absolute Gasteiger partial charge is 0.490 e. The highest BCUT2D eigenvalue weighted by Crippen LogP contribution is 2.39. The molecule has 0 atom stereocenters. The van der Waals surface area contributed by atoms with Gasteiger partial charge in [-0.15, -0.1) is 0 Å². The minimum absolute atomic E-state index is 0.0249. The zero-order valence-corrected chi connectivity index (χ0v) is 36.1. The molecule has 1 aromatic rings. The van der Waals surface area contributed by atoms with E-state index >= 15 is 0 Å². The Morgan fingerprint density at radius 2 is 0.547 bits per heavy atom. The summed E-state index contributed by atoms with van der Waals surface area (Å²) in [6.45, 7) is 8.89. The van der Waals surface area contributed by atoms with Gasteiger partial charge in [0.2, 0.25) is 5.75 Å². The predicted molar refractivity (Wildman–Crippen MR) is 232 cm³/mol. The number of aliphatic hydroxyl groups is 1. The Hall–Kier alpha value is -1.42. The van der Waals surface area contributed by atoms with Gasteiger partial charge in [0.05, 0.1) is 26.4 Å². The summed E-state index contributed by atoms with van der Waals surface area (Å²) in [7, 11) is 0. The monoisotopic (exact) mass is 745 g/mol. The number of benzene rings is 1. The first-order valence-corrected chi connectivity index (χ1v) is 23.9. The van der Waals surface area contributed by atoms with Crippen molar-refractivity contribution in [3.8, 4) is 17.2 Å². The molecule has 0 aliphatic rings. The second-order valence-corrected chi connectivity index (χ2v) is 16.3. The number of rotatable bonds is 43. The van der Waals surface area contributed by atoms with Crippen molar-refractivity contribution in [2.24, 2.45) is 0 Å². The van der Waals surface area contributed by atoms with E-state index in [1.54, 1.807) is 0 Å². The molecule has 0 aliphatic heterocycles. The van der Waals surface area contributed by atoms with E-state index < -0.39 is 0 Å². The van der Waals surface area contributed by atoms with Gasteiger partial charge in [-0.2, -0.15) is 0 Å². The second-order valence-electron chi connectivity index (χ2n) is 16.3. The second kappa shape index (κ2) is 40.2. The third-order valence-corrected chi connectivity index (χ3v) is 11.0. The van der Waals surface area contributed by atoms with Gasteiger partial charge in [-0.1, -0.05) is 233 Å². The van der Waals surface area contributed by atoms with Crippen molar-refractivity contribution in [3.63, 3.8) is 0 Å². The molecule has 0 radical (unpaired) electrons. The van der Waals surface area contributed by atoms with Crippen molar-refractivity contribution < 1.29 is 19.3 Å². The molecule has 0 amide bonds. The Kier molecular flexibility index (Phi) is 37.7. The maximum absolute atomic E-state index is 10.1. The first-order chi connectivity index (χ1) is 26.3. The van der Waals surface area contributed by atoms with Gasteiger partial charge >= 0.3 is 0 Å². The van der Waals surface area contributed by atoms with Gasteiger partial charge < -0.3 is 19.3 Å². The van der Waals surface area contributed by atoms with Gasteiger partial charge in [0.1, 0.15) is 0 Å². The average Bonchev–Trinajstić information content (AvgIpc) is 3.17. The zero-order valence-electron chi connectivity index (χ0n) is 36.1. The van der Waals surface area contributed by atoms with Crippen LogP contribution in [0.5, 0.6) is 17.2 Å². The van der Waals surface area contributed by atoms with Crippen LogP contribution in [-0.4, -0.2) is 24.9 Å². The van der Waals surface area contributed by atoms with Crippen LogP contribution in [0, 0.1) is 0 Å². The highest BCUT2D eigenvalue weighted by Gasteiger charge is 2.16. The Labute approximate surface area is 331 Å². The van der Waals surface area contributed by atoms with Crippen molar-refractivity contribution in [1.29, 1.82) is 0 Å². The topological polar surface area (TPSA) is 47.9 Å². The van der Waals surface area contributed by atoms with Gasteiger partial charge in [-0.05, 0) is 37.0 Å². The normalized spacial score (nSPS) is 11.4. The molecule has 0 aliphatic carbocycles. The summed E-state index contributed by atoms with van der Waals surface area (Å²) < 4.78 is 19.2. The van der Waals surface area contributed by atoms with Crippen LogP contribution in [0.4, 0.5) is 0 Å². The molecule has 0 spiro atoms. The van der Waals surface area contributed by atoms with E-state index in [0.29, 0.717) is 19.8 Å². The first kappa shape index (κ1) is 49.6. The van der Waals surface area contributed by atoms with Crippen LogP contribution in [0.1, 0.15) is 257 Å². The number of hydrogen-bond acceptors (Lipinski definition) is 4. The van der Waals surface area contributed by atoms with Crippen LogP contribution in [-0.2, 0) is 6.61 Å². The molecule has 4 nitrogen and oxygen atoms in total. The van der Waals surface area contributed by atoms with Crippen LogP contribution >= 0.6 is 0 Å². The molecule has 1 aromatic carbocycles. The van der Waals surface area contributed by atoms with Crippen LogP contribution in [0.15, 0.2) is 12.1 Å². The lowest BCUT2D eigenvalue weighted by atomic mass is 10.1. The molecule has 0 unspecified atom stereocenters. The Balaban J connectivity index is 2.48. The average molecular weight is 745 g/mol. The zero-order chi connectivity index (χ0) is 38.1. The predicted octanol–water partition coefficient (Wildman–Crippen LogP) is 16.4. The summed E-state index contributed by atoms with van der Waals surface area (Å²) in [4.78, 5) is 0. The van der Waals surface area contributed by atoms with Crippen LogP contribution < -0.4 is 14.2 Å². The third kappa shape index (κ3) is 31.5. The molecule has 0 heterocycles. The minimum atomic E-state index is -0.0249. The van der Waals surface area contributed by atoms with Crippen molar-refractivity contribution in [1.82, 2.24) is 0 Å². The Bertz CT molecular complexity index is 819. The number of aliphatic hydroxyl groups excluding tert-OH is 1. The number of ether oxygens (including phenoxy) is 3. The van der Waals surface area contributed by atoms with Crippen molar-refractivity contribution in [3.05, 3.63) is 17.7 Å². The maximum atomic E-state index is 10.1. The molecular formula is C49H92O4. The summed E-state index contributed by atoms with van der Waals surface area (Å²) in [5, 5.41) is 10.1. The smallest absolute Gasteiger partial charge is 0.203 e. The quantitative estimate of drug-likeness (QED) is 0.0677. The fraction of sp³-hybridized carbons (Fsp3) is 0.878. The molecule has 53 heavy (non-hydrogen) atoms. The van der Waals surface area contributed by atoms with E-state index in [9.17, 15) is 5.11 Å². The third-order valence-electron chi connectivity index (χ3n) is 11.0. The summed E-state index contributed by atoms with van der Waals surface area (Å²) in [6, 6.07) is 3.93. The Morgan fingerprint density at radius 3 is 0.792 bits per heavy atom. The number of unbranched alkanes of at least 4 members (excludes halogenated alkanes) is 33. The molecule has 1 N–H and O–H groups in total. The molecular weight excluding hydrogens is 653 g/mol. The molecule has 0 bridgehead atoms. The molecule has 1 rings (SSSR count). The molecule has 312 valence electrons. The lowest BCUT2D eigenvalue weighted by Crippen LogP contribution is -2.07. The lowest BCUT2D eigenvalue weighted by molar-refractivity contribution is 0.231. The maximum Gasteiger partial charge on any atom is 0.203 e. The fourth-order valence-electron chi connectivity index (χ4n) is 7.45. The standard InChI is InChI=1S/C49H92O4/c1-4-7-10-13-16-19-22-25-28-31-34-37-40-51-47-43-46(45-50)44-48(52-41-38-35-32-29-26-23-20-17-14-11-8-5-2)49(47)53-42-39-36-33-30-27-24-21-18-15-12-9-6-3/h43-44,50H,4-42,45H2,1-3H3. The van der Waals surface area contributed by atoms with Gasteiger partial charge in [0, 0.05) is 0 Å². The highest BCUT2D eigenvalue weighted by atomic mass is 16.5. The van der Waals surface area contributed by atoms with Gasteiger partial charge in [0.25, 0.3) is 0 Å². The van der Waals surface area contributed by atoms with Gasteiger partial charge in [-0.25, -0.2) is 0 Å². The minimum Gasteiger partial charge on any atom is -0.490 e. The Morgan fingerprint density at radius 1 is 0.321 bits per heavy atom. The summed E-state index contributed by atoms with van der Waals surface area (Å²) in [5.74, 6) is 2.22. The SMILES string of the molecule is CCCCCCCCCCCCCCOc1cc(CO)cc(OCCCCCCCCCCCCCC)c1OCCCCCCCCCCCCCC. The van der Waals surface area contributed by atoms with Crippen molar-refractivity contribution in [2.75, 3.05) is 19.8 Å². The van der Waals surface area contributed by atoms with Gasteiger partial charge in [-0.3, -0.25) is 0 Å². The molecule has 4 heteroatoms. The molecule has 0 saturated carbocycles. The van der Waals surface area contributed by atoms with E-state index in [0.717, 1.165) is 42.1 Å². The van der Waals surface area contributed by atoms with Crippen molar-refractivity contribution >= 4 is 0 Å². The summed E-state index contributed by atoms with van der Waals surface area (Å²) in [5.41, 5.74) is 0.831. The van der Waals surface area contributed by atoms with Crippen LogP contribution in [0.2, 0.25) is 0 Å². The summed E-state index contributed by atoms with van der Waals surface area (Å²) in [6.07, 6.45) is 48.0. The van der Waals surface area contributed by atoms with Crippen molar-refractivity contribution in [2.45, 2.75) is 259 Å².